The Morgan fingerprint density at radius 2 is 2.14 bits per heavy atom. The van der Waals surface area contributed by atoms with Gasteiger partial charge in [0.2, 0.25) is 5.91 Å². The summed E-state index contributed by atoms with van der Waals surface area (Å²) in [7, 11) is 0. The first kappa shape index (κ1) is 10.2. The molecule has 14 heavy (non-hydrogen) atoms. The van der Waals surface area contributed by atoms with Crippen LogP contribution in [0.2, 0.25) is 0 Å². The predicted molar refractivity (Wildman–Crippen MR) is 53.9 cm³/mol. The minimum atomic E-state index is -0.103. The maximum absolute atomic E-state index is 11.2. The summed E-state index contributed by atoms with van der Waals surface area (Å²) in [5.41, 5.74) is -0.0623. The molecule has 4 heteroatoms. The maximum Gasteiger partial charge on any atom is 0.240 e. The molecule has 74 valence electrons. The Morgan fingerprint density at radius 3 is 2.71 bits per heavy atom. The second-order valence-corrected chi connectivity index (χ2v) is 2.80. The smallest absolute Gasteiger partial charge is 0.240 e. The van der Waals surface area contributed by atoms with E-state index in [0.717, 1.165) is 0 Å². The van der Waals surface area contributed by atoms with Gasteiger partial charge in [-0.05, 0) is 0 Å². The number of nitrogens with zero attached hydrogens (tertiary/aromatic N) is 1. The van der Waals surface area contributed by atoms with E-state index in [-0.39, 0.29) is 17.9 Å². The summed E-state index contributed by atoms with van der Waals surface area (Å²) in [6.45, 7) is 4.16. The lowest BCUT2D eigenvalue weighted by molar-refractivity contribution is -0.121. The number of pyridine rings is 1. The summed E-state index contributed by atoms with van der Waals surface area (Å²) in [5, 5.41) is 2.64. The number of hydrogen-bond acceptors (Lipinski definition) is 2. The predicted octanol–water partition coefficient (Wildman–Crippen LogP) is 0.150. The molecular formula is C10H12N2O2. The maximum atomic E-state index is 11.2. The van der Waals surface area contributed by atoms with Crippen LogP contribution in [0.25, 0.3) is 0 Å². The van der Waals surface area contributed by atoms with Crippen molar-refractivity contribution in [3.8, 4) is 0 Å². The molecule has 0 bridgehead atoms. The first-order chi connectivity index (χ1) is 6.72. The molecule has 0 atom stereocenters. The van der Waals surface area contributed by atoms with Crippen molar-refractivity contribution < 1.29 is 4.79 Å². The summed E-state index contributed by atoms with van der Waals surface area (Å²) in [4.78, 5) is 22.0. The van der Waals surface area contributed by atoms with Gasteiger partial charge in [0, 0.05) is 31.1 Å². The van der Waals surface area contributed by atoms with Crippen molar-refractivity contribution in [3.63, 3.8) is 0 Å². The largest absolute Gasteiger partial charge is 0.351 e. The van der Waals surface area contributed by atoms with Gasteiger partial charge in [-0.1, -0.05) is 6.08 Å². The molecule has 0 aromatic carbocycles. The van der Waals surface area contributed by atoms with Gasteiger partial charge in [-0.25, -0.2) is 0 Å². The molecule has 0 radical (unpaired) electrons. The first-order valence-electron chi connectivity index (χ1n) is 4.26. The van der Waals surface area contributed by atoms with Crippen LogP contribution in [0.4, 0.5) is 0 Å². The van der Waals surface area contributed by atoms with Crippen LogP contribution in [-0.2, 0) is 11.3 Å². The lowest BCUT2D eigenvalue weighted by Gasteiger charge is -2.05. The van der Waals surface area contributed by atoms with E-state index >= 15 is 0 Å². The van der Waals surface area contributed by atoms with Gasteiger partial charge in [-0.15, -0.1) is 6.58 Å². The minimum absolute atomic E-state index is 0.0623. The third kappa shape index (κ3) is 3.26. The topological polar surface area (TPSA) is 51.1 Å². The van der Waals surface area contributed by atoms with Crippen LogP contribution < -0.4 is 10.7 Å². The number of aromatic nitrogens is 1. The molecule has 0 unspecified atom stereocenters. The Balaban J connectivity index is 2.52. The molecule has 0 spiro atoms. The number of rotatable bonds is 4. The molecule has 1 aromatic rings. The molecule has 1 aromatic heterocycles. The second kappa shape index (κ2) is 5.01. The lowest BCUT2D eigenvalue weighted by Crippen LogP contribution is -2.27. The Morgan fingerprint density at radius 1 is 1.50 bits per heavy atom. The van der Waals surface area contributed by atoms with Crippen molar-refractivity contribution in [3.05, 3.63) is 47.4 Å². The van der Waals surface area contributed by atoms with Crippen molar-refractivity contribution in [1.29, 1.82) is 0 Å². The van der Waals surface area contributed by atoms with E-state index in [2.05, 4.69) is 11.9 Å². The Kier molecular flexibility index (Phi) is 3.67. The second-order valence-electron chi connectivity index (χ2n) is 2.80. The Hall–Kier alpha value is -1.84. The van der Waals surface area contributed by atoms with Crippen LogP contribution in [0.5, 0.6) is 0 Å². The number of hydrogen-bond donors (Lipinski definition) is 1. The van der Waals surface area contributed by atoms with Gasteiger partial charge in [0.25, 0.3) is 0 Å². The molecule has 0 aliphatic rings. The average molecular weight is 192 g/mol. The Bertz CT molecular complexity index is 361. The zero-order valence-electron chi connectivity index (χ0n) is 7.77. The number of nitrogens with one attached hydrogen (secondary N) is 1. The molecule has 4 nitrogen and oxygen atoms in total. The summed E-state index contributed by atoms with van der Waals surface area (Å²) >= 11 is 0. The molecule has 0 aliphatic heterocycles. The normalized spacial score (nSPS) is 9.43. The van der Waals surface area contributed by atoms with Crippen molar-refractivity contribution in [2.24, 2.45) is 0 Å². The third-order valence-electron chi connectivity index (χ3n) is 1.63. The fraction of sp³-hybridized carbons (Fsp3) is 0.200. The molecule has 0 fully saturated rings. The number of carbonyl (C=O) groups excluding carboxylic acids is 1. The zero-order valence-corrected chi connectivity index (χ0v) is 7.77. The summed E-state index contributed by atoms with van der Waals surface area (Å²) < 4.78 is 1.64. The highest BCUT2D eigenvalue weighted by atomic mass is 16.2. The molecule has 1 amide bonds. The van der Waals surface area contributed by atoms with E-state index in [9.17, 15) is 9.59 Å². The lowest BCUT2D eigenvalue weighted by atomic mass is 10.4. The highest BCUT2D eigenvalue weighted by Gasteiger charge is 1.98. The van der Waals surface area contributed by atoms with Crippen molar-refractivity contribution in [2.75, 3.05) is 6.54 Å². The van der Waals surface area contributed by atoms with Gasteiger partial charge in [-0.3, -0.25) is 9.59 Å². The number of amides is 1. The molecular weight excluding hydrogens is 180 g/mol. The van der Waals surface area contributed by atoms with E-state index in [1.165, 1.54) is 12.1 Å². The first-order valence-corrected chi connectivity index (χ1v) is 4.26. The van der Waals surface area contributed by atoms with Crippen LogP contribution in [0.15, 0.2) is 42.0 Å². The fourth-order valence-corrected chi connectivity index (χ4v) is 0.957. The van der Waals surface area contributed by atoms with Crippen LogP contribution in [0.3, 0.4) is 0 Å². The molecule has 1 heterocycles. The fourth-order valence-electron chi connectivity index (χ4n) is 0.957. The van der Waals surface area contributed by atoms with E-state index in [1.807, 2.05) is 0 Å². The van der Waals surface area contributed by atoms with Crippen LogP contribution in [0.1, 0.15) is 0 Å². The minimum Gasteiger partial charge on any atom is -0.351 e. The molecule has 0 aliphatic carbocycles. The van der Waals surface area contributed by atoms with Crippen molar-refractivity contribution in [2.45, 2.75) is 6.54 Å². The van der Waals surface area contributed by atoms with E-state index in [0.29, 0.717) is 6.54 Å². The van der Waals surface area contributed by atoms with Gasteiger partial charge in [0.05, 0.1) is 0 Å². The molecule has 0 saturated heterocycles. The highest BCUT2D eigenvalue weighted by molar-refractivity contribution is 5.75. The van der Waals surface area contributed by atoms with Crippen LogP contribution in [0, 0.1) is 0 Å². The summed E-state index contributed by atoms with van der Waals surface area (Å²) in [5.74, 6) is -0.103. The monoisotopic (exact) mass is 192 g/mol. The quantitative estimate of drug-likeness (QED) is 0.690. The van der Waals surface area contributed by atoms with Gasteiger partial charge in [0.15, 0.2) is 5.43 Å². The summed E-state index contributed by atoms with van der Waals surface area (Å²) in [6, 6.07) is 2.83. The SMILES string of the molecule is C=CCNC(=O)Cn1ccc(=O)cc1. The number of carbonyl (C=O) groups is 1. The van der Waals surface area contributed by atoms with Crippen LogP contribution in [-0.4, -0.2) is 17.0 Å². The standard InChI is InChI=1S/C10H12N2O2/c1-2-5-11-10(14)8-12-6-3-9(13)4-7-12/h2-4,6-7H,1,5,8H2,(H,11,14). The Labute approximate surface area is 81.9 Å². The van der Waals surface area contributed by atoms with Gasteiger partial charge >= 0.3 is 0 Å². The van der Waals surface area contributed by atoms with Gasteiger partial charge < -0.3 is 9.88 Å². The van der Waals surface area contributed by atoms with Crippen molar-refractivity contribution in [1.82, 2.24) is 9.88 Å². The van der Waals surface area contributed by atoms with Crippen molar-refractivity contribution >= 4 is 5.91 Å². The van der Waals surface area contributed by atoms with E-state index in [4.69, 9.17) is 0 Å². The van der Waals surface area contributed by atoms with E-state index < -0.39 is 0 Å². The summed E-state index contributed by atoms with van der Waals surface area (Å²) in [6.07, 6.45) is 4.77. The zero-order chi connectivity index (χ0) is 10.4. The molecule has 0 saturated carbocycles. The average Bonchev–Trinajstić information content (AvgIpc) is 2.18. The third-order valence-corrected chi connectivity index (χ3v) is 1.63. The van der Waals surface area contributed by atoms with Crippen LogP contribution >= 0.6 is 0 Å². The molecule has 1 N–H and O–H groups in total. The highest BCUT2D eigenvalue weighted by Crippen LogP contribution is 1.84. The van der Waals surface area contributed by atoms with Gasteiger partial charge in [0.1, 0.15) is 6.54 Å². The van der Waals surface area contributed by atoms with E-state index in [1.54, 1.807) is 23.0 Å². The van der Waals surface area contributed by atoms with Gasteiger partial charge in [-0.2, -0.15) is 0 Å². The molecule has 1 rings (SSSR count).